The van der Waals surface area contributed by atoms with E-state index < -0.39 is 16.1 Å². The van der Waals surface area contributed by atoms with Crippen LogP contribution >= 0.6 is 0 Å². The van der Waals surface area contributed by atoms with Gasteiger partial charge < -0.3 is 9.15 Å². The molecule has 0 bridgehead atoms. The minimum absolute atomic E-state index is 0.179. The lowest BCUT2D eigenvalue weighted by molar-refractivity contribution is 0.410. The predicted octanol–water partition coefficient (Wildman–Crippen LogP) is 3.07. The molecular weight excluding hydrogens is 366 g/mol. The SMILES string of the molecule is COc1cc(C)c(S(=O)(=O)NC(c2ccccc2)c2nnc(C)o2)cc1C. The minimum Gasteiger partial charge on any atom is -0.496 e. The Balaban J connectivity index is 2.04. The number of methoxy groups -OCH3 is 1. The average molecular weight is 387 g/mol. The van der Waals surface area contributed by atoms with Crippen LogP contribution in [0, 0.1) is 20.8 Å². The van der Waals surface area contributed by atoms with Crippen molar-refractivity contribution in [3.63, 3.8) is 0 Å². The van der Waals surface area contributed by atoms with Crippen molar-refractivity contribution in [1.82, 2.24) is 14.9 Å². The molecule has 1 N–H and O–H groups in total. The molecular formula is C19H21N3O4S. The Kier molecular flexibility index (Phi) is 5.29. The zero-order valence-corrected chi connectivity index (χ0v) is 16.4. The van der Waals surface area contributed by atoms with Crippen LogP contribution in [0.15, 0.2) is 51.8 Å². The van der Waals surface area contributed by atoms with Crippen LogP contribution in [-0.4, -0.2) is 25.7 Å². The Morgan fingerprint density at radius 2 is 1.74 bits per heavy atom. The van der Waals surface area contributed by atoms with E-state index in [0.717, 1.165) is 5.56 Å². The molecule has 0 fully saturated rings. The Hall–Kier alpha value is -2.71. The first-order valence-corrected chi connectivity index (χ1v) is 9.82. The van der Waals surface area contributed by atoms with Gasteiger partial charge in [-0.3, -0.25) is 0 Å². The molecule has 1 unspecified atom stereocenters. The summed E-state index contributed by atoms with van der Waals surface area (Å²) in [5.41, 5.74) is 2.01. The third-order valence-electron chi connectivity index (χ3n) is 4.18. The van der Waals surface area contributed by atoms with Crippen LogP contribution in [0.5, 0.6) is 5.75 Å². The van der Waals surface area contributed by atoms with E-state index in [4.69, 9.17) is 9.15 Å². The molecule has 142 valence electrons. The fourth-order valence-corrected chi connectivity index (χ4v) is 4.32. The number of nitrogens with zero attached hydrogens (tertiary/aromatic N) is 2. The highest BCUT2D eigenvalue weighted by Gasteiger charge is 2.28. The van der Waals surface area contributed by atoms with E-state index in [1.165, 1.54) is 0 Å². The number of aromatic nitrogens is 2. The topological polar surface area (TPSA) is 94.3 Å². The minimum atomic E-state index is -3.86. The van der Waals surface area contributed by atoms with Gasteiger partial charge in [0.2, 0.25) is 21.8 Å². The van der Waals surface area contributed by atoms with E-state index in [2.05, 4.69) is 14.9 Å². The molecule has 0 aliphatic heterocycles. The van der Waals surface area contributed by atoms with Gasteiger partial charge in [-0.2, -0.15) is 4.72 Å². The monoisotopic (exact) mass is 387 g/mol. The summed E-state index contributed by atoms with van der Waals surface area (Å²) in [6, 6.07) is 11.6. The van der Waals surface area contributed by atoms with Crippen LogP contribution < -0.4 is 9.46 Å². The number of ether oxygens (including phenoxy) is 1. The molecule has 3 rings (SSSR count). The van der Waals surface area contributed by atoms with E-state index in [0.29, 0.717) is 22.8 Å². The van der Waals surface area contributed by atoms with Crippen molar-refractivity contribution in [1.29, 1.82) is 0 Å². The van der Waals surface area contributed by atoms with Gasteiger partial charge in [0.05, 0.1) is 12.0 Å². The lowest BCUT2D eigenvalue weighted by atomic mass is 10.1. The van der Waals surface area contributed by atoms with Gasteiger partial charge in [-0.05, 0) is 42.7 Å². The van der Waals surface area contributed by atoms with Gasteiger partial charge in [0.25, 0.3) is 0 Å². The van der Waals surface area contributed by atoms with E-state index in [1.54, 1.807) is 52.1 Å². The first-order chi connectivity index (χ1) is 12.8. The van der Waals surface area contributed by atoms with Crippen LogP contribution in [-0.2, 0) is 10.0 Å². The molecule has 7 nitrogen and oxygen atoms in total. The molecule has 0 spiro atoms. The molecule has 1 aromatic heterocycles. The van der Waals surface area contributed by atoms with Gasteiger partial charge >= 0.3 is 0 Å². The van der Waals surface area contributed by atoms with Crippen molar-refractivity contribution in [2.24, 2.45) is 0 Å². The zero-order valence-electron chi connectivity index (χ0n) is 15.6. The molecule has 2 aromatic carbocycles. The summed E-state index contributed by atoms with van der Waals surface area (Å²) in [5.74, 6) is 1.19. The van der Waals surface area contributed by atoms with Crippen LogP contribution in [0.1, 0.15) is 34.5 Å². The second-order valence-corrected chi connectivity index (χ2v) is 7.89. The van der Waals surface area contributed by atoms with Gasteiger partial charge in [-0.15, -0.1) is 10.2 Å². The maximum atomic E-state index is 13.1. The molecule has 0 saturated carbocycles. The Labute approximate surface area is 158 Å². The lowest BCUT2D eigenvalue weighted by Crippen LogP contribution is -2.30. The second-order valence-electron chi connectivity index (χ2n) is 6.21. The summed E-state index contributed by atoms with van der Waals surface area (Å²) >= 11 is 0. The van der Waals surface area contributed by atoms with Crippen LogP contribution in [0.3, 0.4) is 0 Å². The Bertz CT molecular complexity index is 1050. The summed E-state index contributed by atoms with van der Waals surface area (Å²) < 4.78 is 39.7. The first-order valence-electron chi connectivity index (χ1n) is 8.34. The quantitative estimate of drug-likeness (QED) is 0.698. The van der Waals surface area contributed by atoms with Crippen molar-refractivity contribution in [2.75, 3.05) is 7.11 Å². The molecule has 27 heavy (non-hydrogen) atoms. The molecule has 0 amide bonds. The zero-order chi connectivity index (χ0) is 19.6. The van der Waals surface area contributed by atoms with Gasteiger partial charge in [-0.25, -0.2) is 8.42 Å². The smallest absolute Gasteiger partial charge is 0.241 e. The van der Waals surface area contributed by atoms with Crippen molar-refractivity contribution >= 4 is 10.0 Å². The van der Waals surface area contributed by atoms with Crippen molar-refractivity contribution < 1.29 is 17.6 Å². The van der Waals surface area contributed by atoms with Gasteiger partial charge in [0.15, 0.2) is 0 Å². The van der Waals surface area contributed by atoms with E-state index in [9.17, 15) is 8.42 Å². The molecule has 0 aliphatic rings. The third kappa shape index (κ3) is 4.01. The van der Waals surface area contributed by atoms with E-state index >= 15 is 0 Å². The Morgan fingerprint density at radius 1 is 1.04 bits per heavy atom. The third-order valence-corrected chi connectivity index (χ3v) is 5.74. The number of sulfonamides is 1. The number of hydrogen-bond donors (Lipinski definition) is 1. The summed E-state index contributed by atoms with van der Waals surface area (Å²) in [6.45, 7) is 5.18. The summed E-state index contributed by atoms with van der Waals surface area (Å²) in [6.07, 6.45) is 0. The summed E-state index contributed by atoms with van der Waals surface area (Å²) in [5, 5.41) is 7.83. The number of hydrogen-bond acceptors (Lipinski definition) is 6. The first kappa shape index (κ1) is 19.1. The average Bonchev–Trinajstić information content (AvgIpc) is 3.08. The van der Waals surface area contributed by atoms with Gasteiger partial charge in [-0.1, -0.05) is 30.3 Å². The van der Waals surface area contributed by atoms with Gasteiger partial charge in [0, 0.05) is 6.92 Å². The van der Waals surface area contributed by atoms with Crippen molar-refractivity contribution in [3.05, 3.63) is 70.9 Å². The molecule has 0 radical (unpaired) electrons. The van der Waals surface area contributed by atoms with Crippen molar-refractivity contribution in [2.45, 2.75) is 31.7 Å². The standard InChI is InChI=1S/C19H21N3O4S/c1-12-11-17(13(2)10-16(12)25-4)27(23,24)22-18(15-8-6-5-7-9-15)19-21-20-14(3)26-19/h5-11,18,22H,1-4H3. The normalized spacial score (nSPS) is 12.7. The van der Waals surface area contributed by atoms with E-state index in [1.807, 2.05) is 18.2 Å². The van der Waals surface area contributed by atoms with Crippen LogP contribution in [0.4, 0.5) is 0 Å². The van der Waals surface area contributed by atoms with Crippen molar-refractivity contribution in [3.8, 4) is 5.75 Å². The largest absolute Gasteiger partial charge is 0.496 e. The Morgan fingerprint density at radius 3 is 2.33 bits per heavy atom. The van der Waals surface area contributed by atoms with Gasteiger partial charge in [0.1, 0.15) is 11.8 Å². The fourth-order valence-electron chi connectivity index (χ4n) is 2.83. The maximum absolute atomic E-state index is 13.1. The number of rotatable bonds is 6. The number of nitrogens with one attached hydrogen (secondary N) is 1. The molecule has 0 saturated heterocycles. The molecule has 3 aromatic rings. The highest BCUT2D eigenvalue weighted by atomic mass is 32.2. The van der Waals surface area contributed by atoms with Crippen LogP contribution in [0.2, 0.25) is 0 Å². The lowest BCUT2D eigenvalue weighted by Gasteiger charge is -2.18. The number of benzene rings is 2. The van der Waals surface area contributed by atoms with Crippen LogP contribution in [0.25, 0.3) is 0 Å². The highest BCUT2D eigenvalue weighted by molar-refractivity contribution is 7.89. The molecule has 0 aliphatic carbocycles. The maximum Gasteiger partial charge on any atom is 0.241 e. The number of aryl methyl sites for hydroxylation is 3. The fraction of sp³-hybridized carbons (Fsp3) is 0.263. The second kappa shape index (κ2) is 7.50. The summed E-state index contributed by atoms with van der Waals surface area (Å²) in [4.78, 5) is 0.179. The highest BCUT2D eigenvalue weighted by Crippen LogP contribution is 2.28. The predicted molar refractivity (Wildman–Crippen MR) is 100 cm³/mol. The molecule has 1 atom stereocenters. The molecule has 1 heterocycles. The summed E-state index contributed by atoms with van der Waals surface area (Å²) in [7, 11) is -2.30. The molecule has 8 heteroatoms. The van der Waals surface area contributed by atoms with E-state index in [-0.39, 0.29) is 10.8 Å².